The minimum absolute atomic E-state index is 0.399. The highest BCUT2D eigenvalue weighted by atomic mass is 32.2. The summed E-state index contributed by atoms with van der Waals surface area (Å²) in [4.78, 5) is 4.79. The van der Waals surface area contributed by atoms with Gasteiger partial charge >= 0.3 is 0 Å². The van der Waals surface area contributed by atoms with Crippen molar-refractivity contribution in [2.75, 3.05) is 7.11 Å². The van der Waals surface area contributed by atoms with Crippen molar-refractivity contribution < 1.29 is 4.74 Å². The summed E-state index contributed by atoms with van der Waals surface area (Å²) in [7, 11) is 1.68. The second-order valence-electron chi connectivity index (χ2n) is 6.76. The highest BCUT2D eigenvalue weighted by molar-refractivity contribution is 7.98. The van der Waals surface area contributed by atoms with Crippen LogP contribution in [-0.4, -0.2) is 26.9 Å². The van der Waals surface area contributed by atoms with E-state index in [0.717, 1.165) is 38.7 Å². The summed E-state index contributed by atoms with van der Waals surface area (Å²) in [6, 6.07) is 8.62. The van der Waals surface area contributed by atoms with Crippen LogP contribution in [0.1, 0.15) is 50.2 Å². The fourth-order valence-electron chi connectivity index (χ4n) is 2.86. The second kappa shape index (κ2) is 7.40. The largest absolute Gasteiger partial charge is 0.497 e. The molecule has 26 heavy (non-hydrogen) atoms. The van der Waals surface area contributed by atoms with E-state index in [4.69, 9.17) is 9.72 Å². The number of thioether (sulfide) groups is 1. The number of benzene rings is 1. The predicted molar refractivity (Wildman–Crippen MR) is 106 cm³/mol. The van der Waals surface area contributed by atoms with E-state index < -0.39 is 0 Å². The number of thiazole rings is 1. The molecular formula is C19H22N4OS2. The van der Waals surface area contributed by atoms with Gasteiger partial charge < -0.3 is 9.30 Å². The van der Waals surface area contributed by atoms with Gasteiger partial charge in [0.2, 0.25) is 0 Å². The number of aromatic nitrogens is 4. The molecule has 4 rings (SSSR count). The Hall–Kier alpha value is -1.86. The highest BCUT2D eigenvalue weighted by Crippen LogP contribution is 2.40. The molecule has 0 bridgehead atoms. The molecule has 1 aliphatic rings. The van der Waals surface area contributed by atoms with Crippen LogP contribution in [0.4, 0.5) is 0 Å². The molecule has 0 atom stereocenters. The lowest BCUT2D eigenvalue weighted by molar-refractivity contribution is 0.415. The smallest absolute Gasteiger partial charge is 0.191 e. The molecule has 1 aromatic carbocycles. The molecule has 136 valence electrons. The summed E-state index contributed by atoms with van der Waals surface area (Å²) in [5.41, 5.74) is 2.17. The van der Waals surface area contributed by atoms with Gasteiger partial charge in [-0.2, -0.15) is 0 Å². The van der Waals surface area contributed by atoms with Gasteiger partial charge in [-0.3, -0.25) is 0 Å². The van der Waals surface area contributed by atoms with Crippen LogP contribution in [-0.2, 0) is 5.75 Å². The van der Waals surface area contributed by atoms with Crippen molar-refractivity contribution in [2.45, 2.75) is 49.6 Å². The zero-order chi connectivity index (χ0) is 18.1. The van der Waals surface area contributed by atoms with Gasteiger partial charge in [-0.05, 0) is 25.0 Å². The summed E-state index contributed by atoms with van der Waals surface area (Å²) >= 11 is 3.40. The van der Waals surface area contributed by atoms with E-state index >= 15 is 0 Å². The maximum absolute atomic E-state index is 5.31. The zero-order valence-electron chi connectivity index (χ0n) is 15.2. The quantitative estimate of drug-likeness (QED) is 0.525. The van der Waals surface area contributed by atoms with Gasteiger partial charge in [0, 0.05) is 28.7 Å². The van der Waals surface area contributed by atoms with Crippen molar-refractivity contribution in [1.82, 2.24) is 19.7 Å². The van der Waals surface area contributed by atoms with E-state index in [1.54, 1.807) is 30.2 Å². The highest BCUT2D eigenvalue weighted by Gasteiger charge is 2.30. The summed E-state index contributed by atoms with van der Waals surface area (Å²) in [6.45, 7) is 4.36. The first kappa shape index (κ1) is 17.5. The fourth-order valence-corrected chi connectivity index (χ4v) is 4.68. The van der Waals surface area contributed by atoms with E-state index in [0.29, 0.717) is 12.0 Å². The number of methoxy groups -OCH3 is 1. The number of hydrogen-bond donors (Lipinski definition) is 0. The minimum Gasteiger partial charge on any atom is -0.497 e. The molecule has 0 saturated heterocycles. The molecule has 2 heterocycles. The molecule has 0 aliphatic heterocycles. The maximum Gasteiger partial charge on any atom is 0.191 e. The molecule has 0 N–H and O–H groups in total. The average Bonchev–Trinajstić information content (AvgIpc) is 3.22. The molecule has 7 heteroatoms. The number of nitrogens with zero attached hydrogens (tertiary/aromatic N) is 4. The van der Waals surface area contributed by atoms with Crippen LogP contribution in [0.5, 0.6) is 5.75 Å². The van der Waals surface area contributed by atoms with Crippen LogP contribution in [0.15, 0.2) is 34.8 Å². The third-order valence-corrected chi connectivity index (χ3v) is 6.25. The Balaban J connectivity index is 1.49. The molecule has 2 aromatic heterocycles. The SMILES string of the molecule is COc1cccc(-c2nc(CSc3nnc(C(C)C)n3C3CC3)cs2)c1. The molecule has 5 nitrogen and oxygen atoms in total. The average molecular weight is 387 g/mol. The van der Waals surface area contributed by atoms with E-state index in [2.05, 4.69) is 40.1 Å². The van der Waals surface area contributed by atoms with Crippen LogP contribution >= 0.6 is 23.1 Å². The Bertz CT molecular complexity index is 899. The summed E-state index contributed by atoms with van der Waals surface area (Å²) in [5.74, 6) is 3.16. The Morgan fingerprint density at radius 3 is 2.88 bits per heavy atom. The molecular weight excluding hydrogens is 364 g/mol. The van der Waals surface area contributed by atoms with Crippen molar-refractivity contribution in [2.24, 2.45) is 0 Å². The molecule has 0 spiro atoms. The molecule has 3 aromatic rings. The minimum atomic E-state index is 0.399. The lowest BCUT2D eigenvalue weighted by Crippen LogP contribution is -2.04. The van der Waals surface area contributed by atoms with Gasteiger partial charge in [0.05, 0.1) is 12.8 Å². The monoisotopic (exact) mass is 386 g/mol. The van der Waals surface area contributed by atoms with E-state index in [9.17, 15) is 0 Å². The van der Waals surface area contributed by atoms with Crippen molar-refractivity contribution in [3.05, 3.63) is 41.2 Å². The van der Waals surface area contributed by atoms with Crippen LogP contribution in [0.3, 0.4) is 0 Å². The Morgan fingerprint density at radius 1 is 1.31 bits per heavy atom. The third kappa shape index (κ3) is 3.64. The maximum atomic E-state index is 5.31. The molecule has 1 saturated carbocycles. The normalized spacial score (nSPS) is 14.2. The predicted octanol–water partition coefficient (Wildman–Crippen LogP) is 5.16. The molecule has 0 amide bonds. The molecule has 1 aliphatic carbocycles. The van der Waals surface area contributed by atoms with Gasteiger partial charge in [-0.1, -0.05) is 37.7 Å². The standard InChI is InChI=1S/C19H22N4OS2/c1-12(2)17-21-22-19(23(17)15-7-8-15)26-11-14-10-25-18(20-14)13-5-4-6-16(9-13)24-3/h4-6,9-10,12,15H,7-8,11H2,1-3H3. The van der Waals surface area contributed by atoms with Gasteiger partial charge in [0.25, 0.3) is 0 Å². The zero-order valence-corrected chi connectivity index (χ0v) is 16.8. The van der Waals surface area contributed by atoms with E-state index in [-0.39, 0.29) is 0 Å². The van der Waals surface area contributed by atoms with Crippen molar-refractivity contribution in [3.63, 3.8) is 0 Å². The van der Waals surface area contributed by atoms with Crippen molar-refractivity contribution >= 4 is 23.1 Å². The lowest BCUT2D eigenvalue weighted by atomic mass is 10.2. The van der Waals surface area contributed by atoms with Crippen molar-refractivity contribution in [1.29, 1.82) is 0 Å². The molecule has 1 fully saturated rings. The number of ether oxygens (including phenoxy) is 1. The first-order chi connectivity index (χ1) is 12.7. The van der Waals surface area contributed by atoms with E-state index in [1.807, 2.05) is 18.2 Å². The number of rotatable bonds is 7. The Kier molecular flexibility index (Phi) is 5.00. The van der Waals surface area contributed by atoms with Crippen molar-refractivity contribution in [3.8, 4) is 16.3 Å². The Labute approximate surface area is 161 Å². The first-order valence-electron chi connectivity index (χ1n) is 8.82. The fraction of sp³-hybridized carbons (Fsp3) is 0.421. The second-order valence-corrected chi connectivity index (χ2v) is 8.56. The number of hydrogen-bond acceptors (Lipinski definition) is 6. The van der Waals surface area contributed by atoms with Gasteiger partial charge in [-0.25, -0.2) is 4.98 Å². The van der Waals surface area contributed by atoms with Crippen LogP contribution in [0.2, 0.25) is 0 Å². The molecule has 0 unspecified atom stereocenters. The first-order valence-corrected chi connectivity index (χ1v) is 10.7. The lowest BCUT2D eigenvalue weighted by Gasteiger charge is -2.10. The topological polar surface area (TPSA) is 52.8 Å². The third-order valence-electron chi connectivity index (χ3n) is 4.34. The van der Waals surface area contributed by atoms with Gasteiger partial charge in [0.15, 0.2) is 5.16 Å². The van der Waals surface area contributed by atoms with Gasteiger partial charge in [0.1, 0.15) is 16.6 Å². The molecule has 0 radical (unpaired) electrons. The van der Waals surface area contributed by atoms with Crippen LogP contribution in [0.25, 0.3) is 10.6 Å². The van der Waals surface area contributed by atoms with E-state index in [1.165, 1.54) is 12.8 Å². The van der Waals surface area contributed by atoms with Crippen LogP contribution < -0.4 is 4.74 Å². The summed E-state index contributed by atoms with van der Waals surface area (Å²) in [5, 5.41) is 13.0. The van der Waals surface area contributed by atoms with Crippen LogP contribution in [0, 0.1) is 0 Å². The Morgan fingerprint density at radius 2 is 2.15 bits per heavy atom. The van der Waals surface area contributed by atoms with Gasteiger partial charge in [-0.15, -0.1) is 21.5 Å². The summed E-state index contributed by atoms with van der Waals surface area (Å²) < 4.78 is 7.64. The summed E-state index contributed by atoms with van der Waals surface area (Å²) in [6.07, 6.45) is 2.48.